The number of fused-ring (bicyclic) bond motifs is 1. The Morgan fingerprint density at radius 2 is 1.79 bits per heavy atom. The number of aromatic hydroxyl groups is 2. The molecule has 33 heavy (non-hydrogen) atoms. The Bertz CT molecular complexity index is 1480. The van der Waals surface area contributed by atoms with E-state index in [1.54, 1.807) is 29.5 Å². The molecule has 0 aliphatic rings. The Kier molecular flexibility index (Phi) is 5.29. The maximum Gasteiger partial charge on any atom is 0.128 e. The van der Waals surface area contributed by atoms with Gasteiger partial charge in [0, 0.05) is 16.3 Å². The Hall–Kier alpha value is -4.15. The van der Waals surface area contributed by atoms with Gasteiger partial charge in [0.15, 0.2) is 0 Å². The van der Waals surface area contributed by atoms with Crippen LogP contribution in [0.3, 0.4) is 0 Å². The summed E-state index contributed by atoms with van der Waals surface area (Å²) in [6.07, 6.45) is 0.622. The highest BCUT2D eigenvalue weighted by atomic mass is 32.1. The minimum Gasteiger partial charge on any atom is -0.508 e. The van der Waals surface area contributed by atoms with Gasteiger partial charge in [0.05, 0.1) is 23.1 Å². The maximum absolute atomic E-state index is 10.7. The predicted molar refractivity (Wildman–Crippen MR) is 129 cm³/mol. The summed E-state index contributed by atoms with van der Waals surface area (Å²) in [7, 11) is 0. The van der Waals surface area contributed by atoms with Gasteiger partial charge in [-0.1, -0.05) is 42.5 Å². The first-order valence-corrected chi connectivity index (χ1v) is 11.4. The van der Waals surface area contributed by atoms with Crippen LogP contribution in [0.25, 0.3) is 31.9 Å². The minimum absolute atomic E-state index is 0.0440. The van der Waals surface area contributed by atoms with Crippen molar-refractivity contribution in [1.82, 2.24) is 15.0 Å². The smallest absolute Gasteiger partial charge is 0.128 e. The molecule has 0 aliphatic heterocycles. The Morgan fingerprint density at radius 3 is 2.52 bits per heavy atom. The molecule has 0 saturated heterocycles. The van der Waals surface area contributed by atoms with Gasteiger partial charge in [-0.3, -0.25) is 0 Å². The van der Waals surface area contributed by atoms with Crippen molar-refractivity contribution in [3.63, 3.8) is 0 Å². The highest BCUT2D eigenvalue weighted by Crippen LogP contribution is 2.42. The van der Waals surface area contributed by atoms with Crippen LogP contribution in [0.4, 0.5) is 0 Å². The summed E-state index contributed by atoms with van der Waals surface area (Å²) >= 11 is 1.64. The number of hydrogen-bond donors (Lipinski definition) is 2. The fourth-order valence-electron chi connectivity index (χ4n) is 3.90. The summed E-state index contributed by atoms with van der Waals surface area (Å²) in [6, 6.07) is 22.9. The summed E-state index contributed by atoms with van der Waals surface area (Å²) < 4.78 is 2.97. The number of benzene rings is 3. The van der Waals surface area contributed by atoms with E-state index < -0.39 is 0 Å². The third kappa shape index (κ3) is 3.81. The number of phenols is 2. The van der Waals surface area contributed by atoms with E-state index in [0.717, 1.165) is 31.8 Å². The van der Waals surface area contributed by atoms with Crippen molar-refractivity contribution in [2.45, 2.75) is 19.9 Å². The molecular formula is C26H20N4O2S. The maximum atomic E-state index is 10.7. The molecule has 3 aromatic carbocycles. The lowest BCUT2D eigenvalue weighted by Crippen LogP contribution is -2.04. The summed E-state index contributed by atoms with van der Waals surface area (Å²) in [6.45, 7) is 2.41. The first-order chi connectivity index (χ1) is 16.1. The van der Waals surface area contributed by atoms with E-state index in [4.69, 9.17) is 5.26 Å². The van der Waals surface area contributed by atoms with Crippen LogP contribution in [0.1, 0.15) is 23.6 Å². The van der Waals surface area contributed by atoms with Crippen LogP contribution >= 0.6 is 11.3 Å². The Morgan fingerprint density at radius 1 is 1.00 bits per heavy atom. The molecule has 0 aliphatic carbocycles. The van der Waals surface area contributed by atoms with E-state index in [-0.39, 0.29) is 11.5 Å². The van der Waals surface area contributed by atoms with Crippen LogP contribution in [0.15, 0.2) is 66.7 Å². The SMILES string of the molecule is CCc1cc(-c2nnn(Cc3ccc(C#N)cc3)c2-c2cc3ccccc3s2)c(O)cc1O. The van der Waals surface area contributed by atoms with E-state index in [2.05, 4.69) is 34.6 Å². The molecule has 0 spiro atoms. The van der Waals surface area contributed by atoms with Crippen molar-refractivity contribution < 1.29 is 10.2 Å². The lowest BCUT2D eigenvalue weighted by atomic mass is 10.0. The second-order valence-electron chi connectivity index (χ2n) is 7.75. The molecular weight excluding hydrogens is 432 g/mol. The number of nitriles is 1. The van der Waals surface area contributed by atoms with Gasteiger partial charge in [0.2, 0.25) is 0 Å². The number of aryl methyl sites for hydroxylation is 1. The van der Waals surface area contributed by atoms with Crippen molar-refractivity contribution in [3.8, 4) is 39.4 Å². The molecule has 5 aromatic rings. The van der Waals surface area contributed by atoms with Gasteiger partial charge in [-0.25, -0.2) is 4.68 Å². The molecule has 0 saturated carbocycles. The molecule has 0 unspecified atom stereocenters. The Balaban J connectivity index is 1.69. The number of hydrogen-bond acceptors (Lipinski definition) is 6. The molecule has 0 amide bonds. The first kappa shape index (κ1) is 20.7. The third-order valence-electron chi connectivity index (χ3n) is 5.64. The molecule has 5 rings (SSSR count). The van der Waals surface area contributed by atoms with Gasteiger partial charge in [0.25, 0.3) is 0 Å². The van der Waals surface area contributed by atoms with Crippen molar-refractivity contribution in [2.24, 2.45) is 0 Å². The monoisotopic (exact) mass is 452 g/mol. The largest absolute Gasteiger partial charge is 0.508 e. The second kappa shape index (κ2) is 8.41. The molecule has 2 heterocycles. The van der Waals surface area contributed by atoms with E-state index in [0.29, 0.717) is 29.8 Å². The average Bonchev–Trinajstić information content (AvgIpc) is 3.43. The first-order valence-electron chi connectivity index (χ1n) is 10.5. The number of thiophene rings is 1. The highest BCUT2D eigenvalue weighted by molar-refractivity contribution is 7.22. The summed E-state index contributed by atoms with van der Waals surface area (Å²) in [5, 5.41) is 39.9. The molecule has 2 aromatic heterocycles. The van der Waals surface area contributed by atoms with Gasteiger partial charge >= 0.3 is 0 Å². The minimum atomic E-state index is -0.0440. The van der Waals surface area contributed by atoms with Crippen molar-refractivity contribution >= 4 is 21.4 Å². The topological polar surface area (TPSA) is 95.0 Å². The molecule has 0 bridgehead atoms. The van der Waals surface area contributed by atoms with Crippen LogP contribution in [-0.2, 0) is 13.0 Å². The molecule has 0 fully saturated rings. The summed E-state index contributed by atoms with van der Waals surface area (Å²) in [5.41, 5.74) is 4.20. The van der Waals surface area contributed by atoms with Crippen LogP contribution in [0.5, 0.6) is 11.5 Å². The quantitative estimate of drug-likeness (QED) is 0.356. The van der Waals surface area contributed by atoms with Gasteiger partial charge < -0.3 is 10.2 Å². The van der Waals surface area contributed by atoms with Gasteiger partial charge in [-0.15, -0.1) is 16.4 Å². The molecule has 0 radical (unpaired) electrons. The van der Waals surface area contributed by atoms with Crippen LogP contribution in [-0.4, -0.2) is 25.2 Å². The fourth-order valence-corrected chi connectivity index (χ4v) is 5.01. The summed E-state index contributed by atoms with van der Waals surface area (Å²) in [5.74, 6) is 0.0182. The van der Waals surface area contributed by atoms with E-state index in [1.807, 2.05) is 35.9 Å². The Labute approximate surface area is 194 Å². The second-order valence-corrected chi connectivity index (χ2v) is 8.84. The van der Waals surface area contributed by atoms with Crippen molar-refractivity contribution in [3.05, 3.63) is 83.4 Å². The predicted octanol–water partition coefficient (Wildman–Crippen LogP) is 5.72. The zero-order valence-corrected chi connectivity index (χ0v) is 18.7. The van der Waals surface area contributed by atoms with E-state index in [9.17, 15) is 10.2 Å². The number of phenolic OH excluding ortho intramolecular Hbond substituents is 2. The lowest BCUT2D eigenvalue weighted by molar-refractivity contribution is 0.447. The highest BCUT2D eigenvalue weighted by Gasteiger charge is 2.22. The third-order valence-corrected chi connectivity index (χ3v) is 6.77. The van der Waals surface area contributed by atoms with E-state index >= 15 is 0 Å². The van der Waals surface area contributed by atoms with Crippen LogP contribution in [0, 0.1) is 11.3 Å². The number of nitrogens with zero attached hydrogens (tertiary/aromatic N) is 4. The van der Waals surface area contributed by atoms with Crippen LogP contribution in [0.2, 0.25) is 0 Å². The molecule has 162 valence electrons. The van der Waals surface area contributed by atoms with Gasteiger partial charge in [0.1, 0.15) is 22.9 Å². The zero-order chi connectivity index (χ0) is 22.9. The molecule has 6 nitrogen and oxygen atoms in total. The fraction of sp³-hybridized carbons (Fsp3) is 0.115. The zero-order valence-electron chi connectivity index (χ0n) is 17.9. The van der Waals surface area contributed by atoms with Crippen molar-refractivity contribution in [1.29, 1.82) is 5.26 Å². The number of aromatic nitrogens is 3. The van der Waals surface area contributed by atoms with Gasteiger partial charge in [-0.05, 0) is 53.3 Å². The summed E-state index contributed by atoms with van der Waals surface area (Å²) in [4.78, 5) is 0.982. The van der Waals surface area contributed by atoms with Gasteiger partial charge in [-0.2, -0.15) is 5.26 Å². The van der Waals surface area contributed by atoms with Crippen molar-refractivity contribution in [2.75, 3.05) is 0 Å². The standard InChI is InChI=1S/C26H20N4O2S/c1-2-18-11-20(22(32)13-21(18)31)25-26(24-12-19-5-3-4-6-23(19)33-24)30(29-28-25)15-17-9-7-16(14-27)8-10-17/h3-13,31-32H,2,15H2,1H3. The normalized spacial score (nSPS) is 11.0. The lowest BCUT2D eigenvalue weighted by Gasteiger charge is -2.10. The molecule has 2 N–H and O–H groups in total. The van der Waals surface area contributed by atoms with Crippen LogP contribution < -0.4 is 0 Å². The van der Waals surface area contributed by atoms with E-state index in [1.165, 1.54) is 6.07 Å². The number of rotatable bonds is 5. The average molecular weight is 453 g/mol. The molecule has 7 heteroatoms. The molecule has 0 atom stereocenters.